The predicted octanol–water partition coefficient (Wildman–Crippen LogP) is -3.63. The van der Waals surface area contributed by atoms with Gasteiger partial charge in [-0.3, -0.25) is 0 Å². The molecule has 1 aliphatic heterocycles. The fraction of sp³-hybridized carbons (Fsp3) is 0.857. The highest BCUT2D eigenvalue weighted by Crippen LogP contribution is 2.17. The van der Waals surface area contributed by atoms with Gasteiger partial charge in [0.15, 0.2) is 0 Å². The largest absolute Gasteiger partial charge is 0.465 e. The van der Waals surface area contributed by atoms with Gasteiger partial charge in [-0.1, -0.05) is 0 Å². The van der Waals surface area contributed by atoms with Crippen molar-refractivity contribution in [2.24, 2.45) is 11.5 Å². The van der Waals surface area contributed by atoms with Crippen LogP contribution in [0, 0.1) is 0 Å². The summed E-state index contributed by atoms with van der Waals surface area (Å²) in [5.41, 5.74) is 9.27. The minimum atomic E-state index is -1.37. The van der Waals surface area contributed by atoms with Crippen molar-refractivity contribution in [2.45, 2.75) is 30.6 Å². The molecule has 0 unspecified atom stereocenters. The van der Waals surface area contributed by atoms with Crippen LogP contribution in [0.2, 0.25) is 0 Å². The van der Waals surface area contributed by atoms with E-state index in [1.807, 2.05) is 0 Å². The van der Waals surface area contributed by atoms with E-state index in [4.69, 9.17) is 35.7 Å². The third kappa shape index (κ3) is 4.26. The molecule has 9 heteroatoms. The number of carboxylic acid groups (broad SMARTS) is 1. The molecule has 0 aromatic carbocycles. The Bertz CT molecular complexity index is 218. The molecule has 1 rings (SSSR count). The molecule has 16 heavy (non-hydrogen) atoms. The van der Waals surface area contributed by atoms with E-state index in [2.05, 4.69) is 5.73 Å². The number of nitrogens with two attached hydrogens (primary N) is 2. The fourth-order valence-corrected chi connectivity index (χ4v) is 1.13. The second-order valence-corrected chi connectivity index (χ2v) is 3.13. The number of hydrogen-bond acceptors (Lipinski definition) is 7. The van der Waals surface area contributed by atoms with Crippen molar-refractivity contribution in [2.75, 3.05) is 6.61 Å². The third-order valence-electron chi connectivity index (χ3n) is 1.93. The van der Waals surface area contributed by atoms with Gasteiger partial charge in [0.2, 0.25) is 0 Å². The van der Waals surface area contributed by atoms with E-state index in [-0.39, 0.29) is 0 Å². The van der Waals surface area contributed by atoms with Crippen molar-refractivity contribution in [3.05, 3.63) is 0 Å². The molecule has 0 aromatic rings. The van der Waals surface area contributed by atoms with Gasteiger partial charge < -0.3 is 41.7 Å². The van der Waals surface area contributed by atoms with E-state index in [1.165, 1.54) is 0 Å². The van der Waals surface area contributed by atoms with Gasteiger partial charge in [-0.15, -0.1) is 0 Å². The molecule has 0 bridgehead atoms. The predicted molar refractivity (Wildman–Crippen MR) is 50.2 cm³/mol. The summed E-state index contributed by atoms with van der Waals surface area (Å²) in [7, 11) is 0. The van der Waals surface area contributed by atoms with Crippen molar-refractivity contribution in [1.29, 1.82) is 0 Å². The number of amides is 1. The second kappa shape index (κ2) is 6.58. The molecule has 96 valence electrons. The van der Waals surface area contributed by atoms with Gasteiger partial charge in [-0.2, -0.15) is 0 Å². The first-order valence-electron chi connectivity index (χ1n) is 4.35. The van der Waals surface area contributed by atoms with Crippen LogP contribution in [-0.2, 0) is 4.74 Å². The van der Waals surface area contributed by atoms with Crippen LogP contribution in [0.5, 0.6) is 0 Å². The molecule has 0 aliphatic carbocycles. The summed E-state index contributed by atoms with van der Waals surface area (Å²) < 4.78 is 4.80. The van der Waals surface area contributed by atoms with Gasteiger partial charge in [-0.05, 0) is 0 Å². The van der Waals surface area contributed by atoms with Crippen molar-refractivity contribution in [3.8, 4) is 0 Å². The van der Waals surface area contributed by atoms with Gasteiger partial charge in [0, 0.05) is 0 Å². The van der Waals surface area contributed by atoms with Crippen LogP contribution >= 0.6 is 0 Å². The second-order valence-electron chi connectivity index (χ2n) is 3.13. The molecular formula is C7H16N2O7. The number of rotatable bonds is 1. The summed E-state index contributed by atoms with van der Waals surface area (Å²) in [4.78, 5) is 8.78. The van der Waals surface area contributed by atoms with Gasteiger partial charge >= 0.3 is 6.09 Å². The Hall–Kier alpha value is -0.970. The number of primary amides is 1. The normalized spacial score (nSPS) is 38.4. The average molecular weight is 240 g/mol. The number of aliphatic hydroxyl groups is 4. The minimum absolute atomic E-state index is 0.446. The standard InChI is InChI=1S/C6H13NO5.CH3NO2/c7-6-5(11)4(10)3(9)2(1-8)12-6;2-1(3)4/h2-6,8-11H,1,7H2;2H2,(H,3,4)/t2-,3-,4+,5-,6-;/m1./s1. The lowest BCUT2D eigenvalue weighted by molar-refractivity contribution is -0.227. The summed E-state index contributed by atoms with van der Waals surface area (Å²) in [6.45, 7) is -0.446. The highest BCUT2D eigenvalue weighted by molar-refractivity contribution is 5.61. The monoisotopic (exact) mass is 240 g/mol. The Labute approximate surface area is 90.9 Å². The Kier molecular flexibility index (Phi) is 6.18. The van der Waals surface area contributed by atoms with Crippen LogP contribution in [0.4, 0.5) is 4.79 Å². The maximum Gasteiger partial charge on any atom is 0.402 e. The summed E-state index contributed by atoms with van der Waals surface area (Å²) in [5.74, 6) is 0. The van der Waals surface area contributed by atoms with Crippen LogP contribution in [0.25, 0.3) is 0 Å². The highest BCUT2D eigenvalue weighted by Gasteiger charge is 2.41. The van der Waals surface area contributed by atoms with Crippen molar-refractivity contribution < 1.29 is 35.1 Å². The van der Waals surface area contributed by atoms with Crippen LogP contribution < -0.4 is 11.5 Å². The summed E-state index contributed by atoms with van der Waals surface area (Å²) in [5, 5.41) is 43.3. The molecule has 1 heterocycles. The molecule has 1 fully saturated rings. The van der Waals surface area contributed by atoms with Gasteiger partial charge in [0.1, 0.15) is 30.6 Å². The number of hydrogen-bond donors (Lipinski definition) is 7. The van der Waals surface area contributed by atoms with E-state index in [1.54, 1.807) is 0 Å². The Morgan fingerprint density at radius 1 is 1.19 bits per heavy atom. The van der Waals surface area contributed by atoms with Gasteiger partial charge in [0.25, 0.3) is 0 Å². The van der Waals surface area contributed by atoms with Crippen LogP contribution in [0.15, 0.2) is 0 Å². The average Bonchev–Trinajstić information content (AvgIpc) is 2.19. The van der Waals surface area contributed by atoms with Crippen LogP contribution in [0.1, 0.15) is 0 Å². The molecule has 0 saturated carbocycles. The first-order valence-corrected chi connectivity index (χ1v) is 4.35. The zero-order valence-corrected chi connectivity index (χ0v) is 8.30. The van der Waals surface area contributed by atoms with E-state index in [9.17, 15) is 5.11 Å². The SMILES string of the molecule is NC(=O)O.N[C@@H]1O[C@H](CO)[C@@H](O)[C@H](O)[C@H]1O. The lowest BCUT2D eigenvalue weighted by Crippen LogP contribution is -2.61. The van der Waals surface area contributed by atoms with Gasteiger partial charge in [-0.25, -0.2) is 4.79 Å². The molecule has 5 atom stereocenters. The van der Waals surface area contributed by atoms with Crippen LogP contribution in [0.3, 0.4) is 0 Å². The molecule has 9 nitrogen and oxygen atoms in total. The molecule has 0 spiro atoms. The number of ether oxygens (including phenoxy) is 1. The molecular weight excluding hydrogens is 224 g/mol. The third-order valence-corrected chi connectivity index (χ3v) is 1.93. The lowest BCUT2D eigenvalue weighted by Gasteiger charge is -2.38. The lowest BCUT2D eigenvalue weighted by atomic mass is 9.99. The first kappa shape index (κ1) is 15.0. The highest BCUT2D eigenvalue weighted by atomic mass is 16.6. The Morgan fingerprint density at radius 2 is 1.62 bits per heavy atom. The quantitative estimate of drug-likeness (QED) is 0.245. The van der Waals surface area contributed by atoms with Gasteiger partial charge in [0.05, 0.1) is 6.61 Å². The maximum atomic E-state index is 9.18. The molecule has 1 aliphatic rings. The maximum absolute atomic E-state index is 9.18. The number of aliphatic hydroxyl groups excluding tert-OH is 4. The molecule has 1 saturated heterocycles. The Morgan fingerprint density at radius 3 is 2.00 bits per heavy atom. The number of carbonyl (C=O) groups is 1. The topological polar surface area (TPSA) is 179 Å². The van der Waals surface area contributed by atoms with E-state index >= 15 is 0 Å². The van der Waals surface area contributed by atoms with E-state index < -0.39 is 43.3 Å². The smallest absolute Gasteiger partial charge is 0.402 e. The van der Waals surface area contributed by atoms with Crippen LogP contribution in [-0.4, -0.2) is 68.9 Å². The summed E-state index contributed by atoms with van der Waals surface area (Å²) in [6, 6.07) is 0. The van der Waals surface area contributed by atoms with E-state index in [0.717, 1.165) is 0 Å². The molecule has 9 N–H and O–H groups in total. The summed E-state index contributed by atoms with van der Waals surface area (Å²) in [6.07, 6.45) is -7.32. The fourth-order valence-electron chi connectivity index (χ4n) is 1.13. The molecule has 0 radical (unpaired) electrons. The summed E-state index contributed by atoms with van der Waals surface area (Å²) >= 11 is 0. The zero-order chi connectivity index (χ0) is 12.9. The van der Waals surface area contributed by atoms with Crippen molar-refractivity contribution in [3.63, 3.8) is 0 Å². The minimum Gasteiger partial charge on any atom is -0.465 e. The molecule has 1 amide bonds. The first-order chi connectivity index (χ1) is 7.31. The Balaban J connectivity index is 0.000000487. The van der Waals surface area contributed by atoms with Crippen molar-refractivity contribution >= 4 is 6.09 Å². The van der Waals surface area contributed by atoms with Crippen molar-refractivity contribution in [1.82, 2.24) is 0 Å². The van der Waals surface area contributed by atoms with E-state index in [0.29, 0.717) is 0 Å². The molecule has 0 aromatic heterocycles. The zero-order valence-electron chi connectivity index (χ0n) is 8.30.